The number of carbonyl (C=O) groups excluding carboxylic acids is 3. The lowest BCUT2D eigenvalue weighted by Gasteiger charge is -2.48. The van der Waals surface area contributed by atoms with E-state index in [0.29, 0.717) is 6.42 Å². The molecule has 21 heavy (non-hydrogen) atoms. The highest BCUT2D eigenvalue weighted by Crippen LogP contribution is 2.45. The Hall–Kier alpha value is -1.43. The predicted octanol–water partition coefficient (Wildman–Crippen LogP) is 0.260. The lowest BCUT2D eigenvalue weighted by molar-refractivity contribution is -0.156. The van der Waals surface area contributed by atoms with Crippen LogP contribution in [-0.2, 0) is 14.4 Å². The van der Waals surface area contributed by atoms with E-state index >= 15 is 0 Å². The first-order valence-corrected chi connectivity index (χ1v) is 7.56. The number of nitrogens with one attached hydrogen (secondary N) is 1. The number of hydrogen-bond acceptors (Lipinski definition) is 4. The SMILES string of the molecule is CC1C(=O)NC(=O)CN1C(=O)C1CCC(N)C(C)C1(C)C. The van der Waals surface area contributed by atoms with Crippen LogP contribution in [-0.4, -0.2) is 41.2 Å². The van der Waals surface area contributed by atoms with Crippen molar-refractivity contribution in [2.24, 2.45) is 23.0 Å². The van der Waals surface area contributed by atoms with Gasteiger partial charge in [0.15, 0.2) is 0 Å². The monoisotopic (exact) mass is 295 g/mol. The number of imide groups is 1. The van der Waals surface area contributed by atoms with E-state index in [-0.39, 0.29) is 35.7 Å². The Kier molecular flexibility index (Phi) is 4.10. The smallest absolute Gasteiger partial charge is 0.249 e. The van der Waals surface area contributed by atoms with Crippen molar-refractivity contribution in [1.29, 1.82) is 0 Å². The van der Waals surface area contributed by atoms with Gasteiger partial charge in [-0.1, -0.05) is 20.8 Å². The summed E-state index contributed by atoms with van der Waals surface area (Å²) in [6.45, 7) is 7.79. The highest BCUT2D eigenvalue weighted by molar-refractivity contribution is 6.04. The van der Waals surface area contributed by atoms with Gasteiger partial charge < -0.3 is 10.6 Å². The second-order valence-corrected chi connectivity index (χ2v) is 6.96. The summed E-state index contributed by atoms with van der Waals surface area (Å²) < 4.78 is 0. The van der Waals surface area contributed by atoms with E-state index in [1.807, 2.05) is 0 Å². The summed E-state index contributed by atoms with van der Waals surface area (Å²) in [6, 6.07) is -0.510. The number of nitrogens with two attached hydrogens (primary N) is 1. The fourth-order valence-corrected chi connectivity index (χ4v) is 3.48. The van der Waals surface area contributed by atoms with Crippen molar-refractivity contribution >= 4 is 17.7 Å². The fourth-order valence-electron chi connectivity index (χ4n) is 3.48. The minimum Gasteiger partial charge on any atom is -0.327 e. The van der Waals surface area contributed by atoms with Gasteiger partial charge >= 0.3 is 0 Å². The van der Waals surface area contributed by atoms with Crippen LogP contribution in [0.3, 0.4) is 0 Å². The number of amides is 3. The fraction of sp³-hybridized carbons (Fsp3) is 0.800. The maximum absolute atomic E-state index is 12.9. The molecule has 6 nitrogen and oxygen atoms in total. The highest BCUT2D eigenvalue weighted by atomic mass is 16.2. The molecule has 6 heteroatoms. The molecule has 2 fully saturated rings. The van der Waals surface area contributed by atoms with Gasteiger partial charge in [-0.3, -0.25) is 19.7 Å². The van der Waals surface area contributed by atoms with Gasteiger partial charge in [0.1, 0.15) is 12.6 Å². The summed E-state index contributed by atoms with van der Waals surface area (Å²) in [5.41, 5.74) is 5.88. The van der Waals surface area contributed by atoms with Crippen LogP contribution < -0.4 is 11.1 Å². The van der Waals surface area contributed by atoms with E-state index in [2.05, 4.69) is 26.1 Å². The second-order valence-electron chi connectivity index (χ2n) is 6.96. The van der Waals surface area contributed by atoms with Crippen LogP contribution >= 0.6 is 0 Å². The summed E-state index contributed by atoms with van der Waals surface area (Å²) in [5, 5.41) is 2.26. The Labute approximate surface area is 125 Å². The van der Waals surface area contributed by atoms with Crippen molar-refractivity contribution in [2.75, 3.05) is 6.54 Å². The van der Waals surface area contributed by atoms with E-state index in [0.717, 1.165) is 6.42 Å². The molecule has 4 unspecified atom stereocenters. The van der Waals surface area contributed by atoms with Crippen LogP contribution in [0, 0.1) is 17.3 Å². The van der Waals surface area contributed by atoms with Crippen molar-refractivity contribution in [3.8, 4) is 0 Å². The quantitative estimate of drug-likeness (QED) is 0.679. The van der Waals surface area contributed by atoms with E-state index in [4.69, 9.17) is 5.73 Å². The molecule has 1 aliphatic heterocycles. The second kappa shape index (κ2) is 5.40. The van der Waals surface area contributed by atoms with Crippen LogP contribution in [0.15, 0.2) is 0 Å². The Bertz CT molecular complexity index is 475. The lowest BCUT2D eigenvalue weighted by Crippen LogP contribution is -2.62. The van der Waals surface area contributed by atoms with Gasteiger partial charge in [-0.05, 0) is 31.1 Å². The zero-order valence-electron chi connectivity index (χ0n) is 13.2. The molecular formula is C15H25N3O3. The summed E-state index contributed by atoms with van der Waals surface area (Å²) in [4.78, 5) is 37.6. The van der Waals surface area contributed by atoms with Crippen molar-refractivity contribution in [3.05, 3.63) is 0 Å². The minimum atomic E-state index is -0.600. The van der Waals surface area contributed by atoms with E-state index in [9.17, 15) is 14.4 Å². The zero-order chi connectivity index (χ0) is 15.9. The van der Waals surface area contributed by atoms with Gasteiger partial charge in [0.25, 0.3) is 0 Å². The van der Waals surface area contributed by atoms with Gasteiger partial charge in [0.2, 0.25) is 17.7 Å². The number of carbonyl (C=O) groups is 3. The summed E-state index contributed by atoms with van der Waals surface area (Å²) in [7, 11) is 0. The van der Waals surface area contributed by atoms with Gasteiger partial charge in [0, 0.05) is 12.0 Å². The molecule has 118 valence electrons. The summed E-state index contributed by atoms with van der Waals surface area (Å²) >= 11 is 0. The molecule has 0 spiro atoms. The van der Waals surface area contributed by atoms with E-state index in [1.54, 1.807) is 6.92 Å². The van der Waals surface area contributed by atoms with Gasteiger partial charge in [-0.25, -0.2) is 0 Å². The van der Waals surface area contributed by atoms with Crippen LogP contribution in [0.2, 0.25) is 0 Å². The van der Waals surface area contributed by atoms with Crippen molar-refractivity contribution in [3.63, 3.8) is 0 Å². The van der Waals surface area contributed by atoms with Crippen molar-refractivity contribution < 1.29 is 14.4 Å². The first kappa shape index (κ1) is 15.9. The molecule has 0 aromatic rings. The van der Waals surface area contributed by atoms with Crippen LogP contribution in [0.5, 0.6) is 0 Å². The molecule has 1 saturated heterocycles. The van der Waals surface area contributed by atoms with Crippen LogP contribution in [0.4, 0.5) is 0 Å². The maximum Gasteiger partial charge on any atom is 0.249 e. The number of rotatable bonds is 1. The van der Waals surface area contributed by atoms with Gasteiger partial charge in [-0.15, -0.1) is 0 Å². The molecule has 0 bridgehead atoms. The topological polar surface area (TPSA) is 92.5 Å². The van der Waals surface area contributed by atoms with Crippen LogP contribution in [0.1, 0.15) is 40.5 Å². The third-order valence-electron chi connectivity index (χ3n) is 5.51. The minimum absolute atomic E-state index is 0.0429. The zero-order valence-corrected chi connectivity index (χ0v) is 13.2. The van der Waals surface area contributed by atoms with Crippen molar-refractivity contribution in [2.45, 2.75) is 52.6 Å². The Morgan fingerprint density at radius 1 is 1.29 bits per heavy atom. The lowest BCUT2D eigenvalue weighted by atomic mass is 9.60. The van der Waals surface area contributed by atoms with E-state index < -0.39 is 17.9 Å². The normalized spacial score (nSPS) is 36.3. The molecule has 1 saturated carbocycles. The molecule has 3 N–H and O–H groups in total. The molecule has 3 amide bonds. The van der Waals surface area contributed by atoms with Gasteiger partial charge in [0.05, 0.1) is 0 Å². The Morgan fingerprint density at radius 2 is 1.90 bits per heavy atom. The molecule has 0 aromatic carbocycles. The first-order chi connectivity index (χ1) is 9.66. The third-order valence-corrected chi connectivity index (χ3v) is 5.51. The average Bonchev–Trinajstić information content (AvgIpc) is 2.39. The number of piperazine rings is 1. The molecular weight excluding hydrogens is 270 g/mol. The summed E-state index contributed by atoms with van der Waals surface area (Å²) in [5.74, 6) is -0.907. The summed E-state index contributed by atoms with van der Waals surface area (Å²) in [6.07, 6.45) is 1.50. The van der Waals surface area contributed by atoms with Crippen molar-refractivity contribution in [1.82, 2.24) is 10.2 Å². The van der Waals surface area contributed by atoms with Crippen LogP contribution in [0.25, 0.3) is 0 Å². The molecule has 2 aliphatic rings. The first-order valence-electron chi connectivity index (χ1n) is 7.56. The predicted molar refractivity (Wildman–Crippen MR) is 78.0 cm³/mol. The molecule has 1 heterocycles. The standard InChI is InChI=1S/C15H25N3O3/c1-8-11(16)6-5-10(15(8,3)4)14(21)18-7-12(19)17-13(20)9(18)2/h8-11H,5-7,16H2,1-4H3,(H,17,19,20). The molecule has 2 rings (SSSR count). The molecule has 0 aromatic heterocycles. The average molecular weight is 295 g/mol. The van der Waals surface area contributed by atoms with Gasteiger partial charge in [-0.2, -0.15) is 0 Å². The van der Waals surface area contributed by atoms with E-state index in [1.165, 1.54) is 4.90 Å². The maximum atomic E-state index is 12.9. The Balaban J connectivity index is 2.22. The Morgan fingerprint density at radius 3 is 2.52 bits per heavy atom. The molecule has 0 radical (unpaired) electrons. The molecule has 1 aliphatic carbocycles. The number of hydrogen-bond donors (Lipinski definition) is 2. The largest absolute Gasteiger partial charge is 0.327 e. The highest BCUT2D eigenvalue weighted by Gasteiger charge is 2.48. The number of nitrogens with zero attached hydrogens (tertiary/aromatic N) is 1. The molecule has 4 atom stereocenters. The third kappa shape index (κ3) is 2.69.